The average molecular weight is 454 g/mol. The van der Waals surface area contributed by atoms with Gasteiger partial charge in [-0.15, -0.1) is 0 Å². The van der Waals surface area contributed by atoms with E-state index in [1.54, 1.807) is 36.4 Å². The fourth-order valence-corrected chi connectivity index (χ4v) is 4.30. The van der Waals surface area contributed by atoms with Crippen molar-refractivity contribution in [3.63, 3.8) is 0 Å². The van der Waals surface area contributed by atoms with Crippen LogP contribution in [0.25, 0.3) is 0 Å². The molecule has 1 N–H and O–H groups in total. The number of rotatable bonds is 3. The van der Waals surface area contributed by atoms with Crippen LogP contribution in [0.15, 0.2) is 78.9 Å². The summed E-state index contributed by atoms with van der Waals surface area (Å²) in [6.45, 7) is 0. The van der Waals surface area contributed by atoms with Crippen LogP contribution in [0.1, 0.15) is 17.2 Å². The van der Waals surface area contributed by atoms with Gasteiger partial charge in [0, 0.05) is 0 Å². The summed E-state index contributed by atoms with van der Waals surface area (Å²) in [5.74, 6) is -2.34. The number of hydrogen-bond acceptors (Lipinski definition) is 5. The molecule has 2 aliphatic heterocycles. The predicted molar refractivity (Wildman–Crippen MR) is 112 cm³/mol. The van der Waals surface area contributed by atoms with Gasteiger partial charge in [0.15, 0.2) is 6.10 Å². The molecule has 0 aromatic heterocycles. The summed E-state index contributed by atoms with van der Waals surface area (Å²) >= 11 is 0. The molecule has 0 bridgehead atoms. The van der Waals surface area contributed by atoms with Gasteiger partial charge in [-0.2, -0.15) is 13.2 Å². The van der Waals surface area contributed by atoms with Gasteiger partial charge in [0.1, 0.15) is 11.7 Å². The molecule has 2 saturated heterocycles. The number of carbonyl (C=O) groups is 2. The summed E-state index contributed by atoms with van der Waals surface area (Å²) in [6.07, 6.45) is -5.82. The highest BCUT2D eigenvalue weighted by Crippen LogP contribution is 2.48. The Bertz CT molecular complexity index is 1210. The second-order valence-electron chi connectivity index (χ2n) is 7.81. The number of phenolic OH excluding ortho intramolecular Hbond substituents is 1. The molecule has 3 atom stereocenters. The summed E-state index contributed by atoms with van der Waals surface area (Å²) < 4.78 is 39.6. The highest BCUT2D eigenvalue weighted by atomic mass is 19.4. The zero-order valence-corrected chi connectivity index (χ0v) is 16.9. The number of amides is 2. The van der Waals surface area contributed by atoms with Crippen molar-refractivity contribution < 1.29 is 32.7 Å². The molecule has 2 amide bonds. The Morgan fingerprint density at radius 2 is 1.48 bits per heavy atom. The number of hydroxylamine groups is 1. The van der Waals surface area contributed by atoms with Gasteiger partial charge in [-0.1, -0.05) is 36.4 Å². The van der Waals surface area contributed by atoms with Crippen molar-refractivity contribution in [1.29, 1.82) is 0 Å². The first kappa shape index (κ1) is 21.0. The average Bonchev–Trinajstić information content (AvgIpc) is 3.30. The third-order valence-electron chi connectivity index (χ3n) is 5.79. The van der Waals surface area contributed by atoms with Gasteiger partial charge in [-0.05, 0) is 48.0 Å². The van der Waals surface area contributed by atoms with Crippen molar-refractivity contribution in [2.75, 3.05) is 9.96 Å². The van der Waals surface area contributed by atoms with Crippen LogP contribution in [0.2, 0.25) is 0 Å². The predicted octanol–water partition coefficient (Wildman–Crippen LogP) is 4.46. The summed E-state index contributed by atoms with van der Waals surface area (Å²) in [4.78, 5) is 33.4. The van der Waals surface area contributed by atoms with Gasteiger partial charge in [0.05, 0.1) is 23.0 Å². The second-order valence-corrected chi connectivity index (χ2v) is 7.81. The molecule has 3 aromatic carbocycles. The lowest BCUT2D eigenvalue weighted by Crippen LogP contribution is -2.37. The van der Waals surface area contributed by atoms with Crippen molar-refractivity contribution in [3.05, 3.63) is 90.0 Å². The van der Waals surface area contributed by atoms with Gasteiger partial charge in [0.2, 0.25) is 5.91 Å². The van der Waals surface area contributed by atoms with E-state index in [9.17, 15) is 27.9 Å². The van der Waals surface area contributed by atoms with E-state index < -0.39 is 41.6 Å². The smallest absolute Gasteiger partial charge is 0.416 e. The van der Waals surface area contributed by atoms with Crippen LogP contribution in [0.4, 0.5) is 24.5 Å². The zero-order valence-electron chi connectivity index (χ0n) is 16.9. The monoisotopic (exact) mass is 454 g/mol. The molecular weight excluding hydrogens is 437 g/mol. The Labute approximate surface area is 186 Å². The molecule has 3 unspecified atom stereocenters. The molecule has 5 rings (SSSR count). The van der Waals surface area contributed by atoms with Crippen LogP contribution in [0.5, 0.6) is 5.75 Å². The lowest BCUT2D eigenvalue weighted by molar-refractivity contribution is -0.137. The second kappa shape index (κ2) is 7.63. The van der Waals surface area contributed by atoms with E-state index in [4.69, 9.17) is 4.84 Å². The van der Waals surface area contributed by atoms with E-state index in [1.807, 2.05) is 6.07 Å². The number of hydrogen-bond donors (Lipinski definition) is 1. The minimum atomic E-state index is -4.62. The van der Waals surface area contributed by atoms with Gasteiger partial charge < -0.3 is 5.11 Å². The van der Waals surface area contributed by atoms with Crippen LogP contribution < -0.4 is 9.96 Å². The molecule has 2 heterocycles. The Kier molecular flexibility index (Phi) is 4.86. The summed E-state index contributed by atoms with van der Waals surface area (Å²) in [7, 11) is 0. The van der Waals surface area contributed by atoms with Crippen LogP contribution >= 0.6 is 0 Å². The molecule has 33 heavy (non-hydrogen) atoms. The van der Waals surface area contributed by atoms with E-state index in [0.29, 0.717) is 11.3 Å². The molecule has 168 valence electrons. The fraction of sp³-hybridized carbons (Fsp3) is 0.167. The number of nitrogens with zero attached hydrogens (tertiary/aromatic N) is 2. The minimum Gasteiger partial charge on any atom is -0.508 e. The Morgan fingerprint density at radius 3 is 2.15 bits per heavy atom. The number of benzene rings is 3. The Balaban J connectivity index is 1.57. The first-order valence-corrected chi connectivity index (χ1v) is 10.1. The molecule has 0 spiro atoms. The number of imide groups is 1. The minimum absolute atomic E-state index is 0.0277. The number of phenols is 1. The number of fused-ring (bicyclic) bond motifs is 1. The molecule has 2 fully saturated rings. The molecular formula is C24H17F3N2O4. The van der Waals surface area contributed by atoms with Crippen molar-refractivity contribution in [3.8, 4) is 5.75 Å². The Morgan fingerprint density at radius 1 is 0.818 bits per heavy atom. The van der Waals surface area contributed by atoms with Crippen molar-refractivity contribution in [2.45, 2.75) is 18.3 Å². The van der Waals surface area contributed by atoms with Crippen molar-refractivity contribution in [1.82, 2.24) is 0 Å². The van der Waals surface area contributed by atoms with E-state index >= 15 is 0 Å². The van der Waals surface area contributed by atoms with Crippen LogP contribution in [0, 0.1) is 5.92 Å². The molecule has 3 aromatic rings. The number of para-hydroxylation sites is 1. The largest absolute Gasteiger partial charge is 0.508 e. The maximum atomic E-state index is 13.5. The lowest BCUT2D eigenvalue weighted by Gasteiger charge is -2.28. The number of carbonyl (C=O) groups excluding carboxylic acids is 2. The number of alkyl halides is 3. The number of aromatic hydroxyl groups is 1. The molecule has 6 nitrogen and oxygen atoms in total. The fourth-order valence-electron chi connectivity index (χ4n) is 4.30. The standard InChI is InChI=1S/C24H17F3N2O4/c25-24(26,27)15-5-4-8-17(13-15)28-22(31)19-20(14-9-11-18(30)12-10-14)29(33-21(19)23(28)32)16-6-2-1-3-7-16/h1-13,19-21,30H. The molecule has 0 radical (unpaired) electrons. The lowest BCUT2D eigenvalue weighted by atomic mass is 9.90. The van der Waals surface area contributed by atoms with Crippen LogP contribution in [-0.4, -0.2) is 23.0 Å². The first-order valence-electron chi connectivity index (χ1n) is 10.1. The SMILES string of the molecule is O=C1C2ON(c3ccccc3)C(c3ccc(O)cc3)C2C(=O)N1c1cccc(C(F)(F)F)c1. The van der Waals surface area contributed by atoms with Crippen LogP contribution in [-0.2, 0) is 20.6 Å². The van der Waals surface area contributed by atoms with Gasteiger partial charge in [0.25, 0.3) is 5.91 Å². The third kappa shape index (κ3) is 3.50. The zero-order chi connectivity index (χ0) is 23.3. The normalized spacial score (nSPS) is 22.7. The van der Waals surface area contributed by atoms with E-state index in [2.05, 4.69) is 0 Å². The summed E-state index contributed by atoms with van der Waals surface area (Å²) in [5.41, 5.74) is 0.0977. The van der Waals surface area contributed by atoms with Gasteiger partial charge in [-0.25, -0.2) is 9.96 Å². The van der Waals surface area contributed by atoms with Crippen LogP contribution in [0.3, 0.4) is 0 Å². The molecule has 9 heteroatoms. The molecule has 0 saturated carbocycles. The van der Waals surface area contributed by atoms with E-state index in [-0.39, 0.29) is 11.4 Å². The maximum absolute atomic E-state index is 13.5. The van der Waals surface area contributed by atoms with E-state index in [0.717, 1.165) is 23.1 Å². The van der Waals surface area contributed by atoms with Gasteiger partial charge in [-0.3, -0.25) is 14.4 Å². The first-order chi connectivity index (χ1) is 15.8. The van der Waals surface area contributed by atoms with E-state index in [1.165, 1.54) is 23.3 Å². The number of halogens is 3. The van der Waals surface area contributed by atoms with Crippen molar-refractivity contribution in [2.24, 2.45) is 5.92 Å². The quantitative estimate of drug-likeness (QED) is 0.592. The molecule has 0 aliphatic carbocycles. The van der Waals surface area contributed by atoms with Crippen molar-refractivity contribution >= 4 is 23.2 Å². The highest BCUT2D eigenvalue weighted by Gasteiger charge is 2.60. The maximum Gasteiger partial charge on any atom is 0.416 e. The molecule has 2 aliphatic rings. The summed E-state index contributed by atoms with van der Waals surface area (Å²) in [6, 6.07) is 18.4. The third-order valence-corrected chi connectivity index (χ3v) is 5.79. The summed E-state index contributed by atoms with van der Waals surface area (Å²) in [5, 5.41) is 11.2. The Hall–Kier alpha value is -3.85. The topological polar surface area (TPSA) is 70.1 Å². The highest BCUT2D eigenvalue weighted by molar-refractivity contribution is 6.24. The number of anilines is 2. The van der Waals surface area contributed by atoms with Gasteiger partial charge >= 0.3 is 6.18 Å².